The molecule has 4 nitrogen and oxygen atoms in total. The number of hydrogen-bond acceptors (Lipinski definition) is 4. The van der Waals surface area contributed by atoms with Crippen molar-refractivity contribution in [1.82, 2.24) is 0 Å². The lowest BCUT2D eigenvalue weighted by Crippen LogP contribution is -2.64. The van der Waals surface area contributed by atoms with Crippen molar-refractivity contribution in [1.29, 1.82) is 0 Å². The number of rotatable bonds is 4. The first-order chi connectivity index (χ1) is 18.5. The van der Waals surface area contributed by atoms with Gasteiger partial charge in [0.1, 0.15) is 6.10 Å². The minimum Gasteiger partial charge on any atom is -0.472 e. The number of carbonyl (C=O) groups excluding carboxylic acids is 2. The van der Waals surface area contributed by atoms with Gasteiger partial charge < -0.3 is 9.15 Å². The maximum atomic E-state index is 13.4. The van der Waals surface area contributed by atoms with E-state index in [4.69, 9.17) is 9.15 Å². The second-order valence-electron chi connectivity index (χ2n) is 13.5. The smallest absolute Gasteiger partial charge is 0.331 e. The fourth-order valence-electron chi connectivity index (χ4n) is 9.30. The Kier molecular flexibility index (Phi) is 5.98. The first-order valence-electron chi connectivity index (χ1n) is 14.4. The molecule has 0 aliphatic heterocycles. The summed E-state index contributed by atoms with van der Waals surface area (Å²) in [6.45, 7) is 11.3. The zero-order valence-corrected chi connectivity index (χ0v) is 23.8. The van der Waals surface area contributed by atoms with Crippen molar-refractivity contribution in [3.8, 4) is 0 Å². The Balaban J connectivity index is 1.41. The van der Waals surface area contributed by atoms with Crippen LogP contribution in [0.5, 0.6) is 0 Å². The van der Waals surface area contributed by atoms with Crippen molar-refractivity contribution in [3.63, 3.8) is 0 Å². The molecule has 204 valence electrons. The molecular weight excluding hydrogens is 484 g/mol. The van der Waals surface area contributed by atoms with Crippen LogP contribution in [0, 0.1) is 33.5 Å². The van der Waals surface area contributed by atoms with Crippen LogP contribution in [0.25, 0.3) is 6.08 Å². The molecule has 4 aliphatic carbocycles. The highest BCUT2D eigenvalue weighted by atomic mass is 16.5. The van der Waals surface area contributed by atoms with E-state index in [1.165, 1.54) is 11.1 Å². The van der Waals surface area contributed by atoms with Crippen molar-refractivity contribution in [2.75, 3.05) is 0 Å². The molecule has 2 saturated carbocycles. The van der Waals surface area contributed by atoms with Crippen LogP contribution in [0.4, 0.5) is 0 Å². The quantitative estimate of drug-likeness (QED) is 0.231. The summed E-state index contributed by atoms with van der Waals surface area (Å²) in [5.74, 6) is 0.547. The van der Waals surface area contributed by atoms with Gasteiger partial charge in [-0.2, -0.15) is 0 Å². The van der Waals surface area contributed by atoms with Crippen molar-refractivity contribution in [2.45, 2.75) is 72.3 Å². The second kappa shape index (κ2) is 8.94. The molecule has 2 fully saturated rings. The zero-order chi connectivity index (χ0) is 27.6. The van der Waals surface area contributed by atoms with Crippen LogP contribution in [-0.4, -0.2) is 17.9 Å². The maximum Gasteiger partial charge on any atom is 0.331 e. The molecule has 1 aromatic heterocycles. The summed E-state index contributed by atoms with van der Waals surface area (Å²) in [5, 5.41) is 0. The van der Waals surface area contributed by atoms with E-state index in [0.29, 0.717) is 12.3 Å². The van der Waals surface area contributed by atoms with Gasteiger partial charge in [-0.05, 0) is 83.6 Å². The van der Waals surface area contributed by atoms with Crippen LogP contribution in [-0.2, 0) is 14.3 Å². The lowest BCUT2D eigenvalue weighted by atomic mass is 9.38. The van der Waals surface area contributed by atoms with Crippen molar-refractivity contribution >= 4 is 17.8 Å². The number of ether oxygens (including phenoxy) is 1. The van der Waals surface area contributed by atoms with Crippen molar-refractivity contribution < 1.29 is 18.7 Å². The fourth-order valence-corrected chi connectivity index (χ4v) is 9.30. The summed E-state index contributed by atoms with van der Waals surface area (Å²) in [7, 11) is 0. The number of benzene rings is 1. The third-order valence-electron chi connectivity index (χ3n) is 11.3. The average Bonchev–Trinajstić information content (AvgIpc) is 3.55. The molecule has 2 aromatic rings. The topological polar surface area (TPSA) is 56.5 Å². The van der Waals surface area contributed by atoms with Gasteiger partial charge in [0.25, 0.3) is 0 Å². The first kappa shape index (κ1) is 26.1. The summed E-state index contributed by atoms with van der Waals surface area (Å²) >= 11 is 0. The van der Waals surface area contributed by atoms with Gasteiger partial charge in [-0.1, -0.05) is 82.7 Å². The Hall–Kier alpha value is -3.14. The molecule has 1 aromatic carbocycles. The van der Waals surface area contributed by atoms with E-state index in [1.54, 1.807) is 12.3 Å². The molecule has 0 N–H and O–H groups in total. The van der Waals surface area contributed by atoms with E-state index in [2.05, 4.69) is 52.8 Å². The highest BCUT2D eigenvalue weighted by molar-refractivity contribution is 5.96. The summed E-state index contributed by atoms with van der Waals surface area (Å²) in [6.07, 6.45) is 16.9. The Bertz CT molecular complexity index is 1360. The normalized spacial score (nSPS) is 38.6. The van der Waals surface area contributed by atoms with Crippen LogP contribution < -0.4 is 0 Å². The number of allylic oxidation sites excluding steroid dienone is 3. The largest absolute Gasteiger partial charge is 0.472 e. The van der Waals surface area contributed by atoms with E-state index in [-0.39, 0.29) is 45.9 Å². The van der Waals surface area contributed by atoms with Gasteiger partial charge in [0.05, 0.1) is 12.5 Å². The van der Waals surface area contributed by atoms with Gasteiger partial charge >= 0.3 is 5.97 Å². The molecular formula is C35H40O4. The number of carbonyl (C=O) groups is 2. The molecule has 1 heterocycles. The number of fused-ring (bicyclic) bond motifs is 5. The number of esters is 1. The van der Waals surface area contributed by atoms with E-state index >= 15 is 0 Å². The van der Waals surface area contributed by atoms with E-state index in [0.717, 1.165) is 24.8 Å². The Morgan fingerprint density at radius 1 is 1.05 bits per heavy atom. The van der Waals surface area contributed by atoms with Crippen LogP contribution in [0.2, 0.25) is 0 Å². The summed E-state index contributed by atoms with van der Waals surface area (Å²) in [4.78, 5) is 26.5. The van der Waals surface area contributed by atoms with Gasteiger partial charge in [-0.3, -0.25) is 4.79 Å². The second-order valence-corrected chi connectivity index (χ2v) is 13.5. The summed E-state index contributed by atoms with van der Waals surface area (Å²) < 4.78 is 12.0. The van der Waals surface area contributed by atoms with Crippen molar-refractivity contribution in [3.05, 3.63) is 89.9 Å². The van der Waals surface area contributed by atoms with Gasteiger partial charge in [-0.15, -0.1) is 0 Å². The third-order valence-corrected chi connectivity index (χ3v) is 11.3. The molecule has 0 spiro atoms. The molecule has 39 heavy (non-hydrogen) atoms. The number of furan rings is 1. The predicted molar refractivity (Wildman–Crippen MR) is 153 cm³/mol. The SMILES string of the molecule is CC1(C)C(=O)C=C[C@@]2(C)C1C[C@@H](OC(=O)/C=C\c1ccccc1)[C@@]1(C)C3=CC[C@@H](c4ccoc4)[C@]3(C)CCC21. The first-order valence-corrected chi connectivity index (χ1v) is 14.4. The molecule has 6 rings (SSSR count). The number of ketones is 1. The standard InChI is InChI=1S/C35H40O4/c1-32(2)28-21-30(39-31(37)14-11-23-9-7-6-8-10-23)35(5)26-13-12-25(24-17-20-38-22-24)33(26,3)18-15-27(35)34(28,4)19-16-29(32)36/h6-11,13-14,16-17,19-20,22,25,27-28,30H,12,15,18,21H2,1-5H3/b14-11-/t25-,27?,28?,30+,33-,34+,35-/m0/s1. The molecule has 0 bridgehead atoms. The van der Waals surface area contributed by atoms with Crippen LogP contribution in [0.1, 0.15) is 77.3 Å². The van der Waals surface area contributed by atoms with Crippen molar-refractivity contribution in [2.24, 2.45) is 33.5 Å². The molecule has 0 saturated heterocycles. The predicted octanol–water partition coefficient (Wildman–Crippen LogP) is 7.93. The monoisotopic (exact) mass is 524 g/mol. The Labute approximate surface area is 232 Å². The summed E-state index contributed by atoms with van der Waals surface area (Å²) in [5.41, 5.74) is 2.58. The third kappa shape index (κ3) is 3.77. The van der Waals surface area contributed by atoms with Crippen LogP contribution in [0.3, 0.4) is 0 Å². The Morgan fingerprint density at radius 2 is 1.82 bits per heavy atom. The molecule has 0 radical (unpaired) electrons. The van der Waals surface area contributed by atoms with Crippen LogP contribution >= 0.6 is 0 Å². The lowest BCUT2D eigenvalue weighted by molar-refractivity contribution is -0.185. The van der Waals surface area contributed by atoms with Gasteiger partial charge in [-0.25, -0.2) is 4.79 Å². The van der Waals surface area contributed by atoms with Crippen LogP contribution in [0.15, 0.2) is 83.2 Å². The molecule has 2 unspecified atom stereocenters. The maximum absolute atomic E-state index is 13.4. The van der Waals surface area contributed by atoms with E-state index < -0.39 is 5.41 Å². The van der Waals surface area contributed by atoms with E-state index in [1.807, 2.05) is 48.7 Å². The van der Waals surface area contributed by atoms with Gasteiger partial charge in [0.2, 0.25) is 0 Å². The summed E-state index contributed by atoms with van der Waals surface area (Å²) in [6, 6.07) is 11.9. The molecule has 4 aliphatic rings. The molecule has 4 heteroatoms. The Morgan fingerprint density at radius 3 is 2.54 bits per heavy atom. The molecule has 7 atom stereocenters. The highest BCUT2D eigenvalue weighted by Gasteiger charge is 2.68. The van der Waals surface area contributed by atoms with E-state index in [9.17, 15) is 9.59 Å². The van der Waals surface area contributed by atoms with Gasteiger partial charge in [0.15, 0.2) is 5.78 Å². The minimum absolute atomic E-state index is 0.0351. The lowest BCUT2D eigenvalue weighted by Gasteiger charge is -2.66. The fraction of sp³-hybridized carbons (Fsp3) is 0.486. The highest BCUT2D eigenvalue weighted by Crippen LogP contribution is 2.72. The average molecular weight is 525 g/mol. The zero-order valence-electron chi connectivity index (χ0n) is 23.8. The molecule has 0 amide bonds. The number of hydrogen-bond donors (Lipinski definition) is 0. The minimum atomic E-state index is -0.514. The van der Waals surface area contributed by atoms with Gasteiger partial charge in [0, 0.05) is 16.9 Å².